The summed E-state index contributed by atoms with van der Waals surface area (Å²) in [5, 5.41) is 3.44. The molecule has 0 saturated carbocycles. The normalized spacial score (nSPS) is 10.7. The highest BCUT2D eigenvalue weighted by Gasteiger charge is 1.99. The third-order valence-electron chi connectivity index (χ3n) is 2.76. The van der Waals surface area contributed by atoms with Gasteiger partial charge in [0, 0.05) is 6.54 Å². The zero-order valence-electron chi connectivity index (χ0n) is 11.6. The van der Waals surface area contributed by atoms with Crippen molar-refractivity contribution < 1.29 is 4.74 Å². The Morgan fingerprint density at radius 2 is 1.68 bits per heavy atom. The largest absolute Gasteiger partial charge is 0.457 e. The van der Waals surface area contributed by atoms with Crippen molar-refractivity contribution in [1.82, 2.24) is 5.32 Å². The van der Waals surface area contributed by atoms with E-state index in [1.54, 1.807) is 0 Å². The van der Waals surface area contributed by atoms with E-state index >= 15 is 0 Å². The maximum absolute atomic E-state index is 5.82. The van der Waals surface area contributed by atoms with Crippen LogP contribution in [-0.2, 0) is 6.54 Å². The van der Waals surface area contributed by atoms with Crippen LogP contribution in [0, 0.1) is 5.92 Å². The van der Waals surface area contributed by atoms with Crippen LogP contribution in [-0.4, -0.2) is 6.54 Å². The van der Waals surface area contributed by atoms with Gasteiger partial charge in [0.15, 0.2) is 0 Å². The van der Waals surface area contributed by atoms with Crippen molar-refractivity contribution in [2.45, 2.75) is 20.4 Å². The Hall–Kier alpha value is -1.80. The summed E-state index contributed by atoms with van der Waals surface area (Å²) in [6.45, 7) is 6.33. The molecule has 0 aliphatic heterocycles. The fourth-order valence-corrected chi connectivity index (χ4v) is 1.85. The lowest BCUT2D eigenvalue weighted by Crippen LogP contribution is -2.18. The number of benzene rings is 2. The van der Waals surface area contributed by atoms with E-state index in [1.807, 2.05) is 42.5 Å². The third-order valence-corrected chi connectivity index (χ3v) is 2.76. The maximum atomic E-state index is 5.82. The molecule has 0 aliphatic rings. The van der Waals surface area contributed by atoms with Crippen LogP contribution in [0.5, 0.6) is 11.5 Å². The molecule has 0 saturated heterocycles. The average Bonchev–Trinajstić information content (AvgIpc) is 2.40. The van der Waals surface area contributed by atoms with Gasteiger partial charge in [0.1, 0.15) is 11.5 Å². The van der Waals surface area contributed by atoms with Gasteiger partial charge in [-0.2, -0.15) is 0 Å². The molecule has 0 unspecified atom stereocenters. The molecule has 0 aromatic heterocycles. The molecule has 0 radical (unpaired) electrons. The van der Waals surface area contributed by atoms with Crippen LogP contribution in [0.2, 0.25) is 0 Å². The molecule has 0 aliphatic carbocycles. The van der Waals surface area contributed by atoms with Gasteiger partial charge in [0.25, 0.3) is 0 Å². The van der Waals surface area contributed by atoms with Crippen LogP contribution in [0.3, 0.4) is 0 Å². The van der Waals surface area contributed by atoms with Gasteiger partial charge in [-0.25, -0.2) is 0 Å². The van der Waals surface area contributed by atoms with E-state index in [9.17, 15) is 0 Å². The fraction of sp³-hybridized carbons (Fsp3) is 0.294. The topological polar surface area (TPSA) is 21.3 Å². The summed E-state index contributed by atoms with van der Waals surface area (Å²) in [4.78, 5) is 0. The number of rotatable bonds is 6. The highest BCUT2D eigenvalue weighted by molar-refractivity contribution is 5.33. The Balaban J connectivity index is 1.95. The molecule has 0 atom stereocenters. The van der Waals surface area contributed by atoms with Crippen LogP contribution in [0.25, 0.3) is 0 Å². The molecule has 2 aromatic carbocycles. The van der Waals surface area contributed by atoms with Crippen LogP contribution < -0.4 is 10.1 Å². The van der Waals surface area contributed by atoms with E-state index in [1.165, 1.54) is 5.56 Å². The molecule has 0 heterocycles. The zero-order chi connectivity index (χ0) is 13.5. The van der Waals surface area contributed by atoms with Crippen molar-refractivity contribution in [1.29, 1.82) is 0 Å². The summed E-state index contributed by atoms with van der Waals surface area (Å²) in [6, 6.07) is 18.1. The lowest BCUT2D eigenvalue weighted by molar-refractivity contribution is 0.481. The van der Waals surface area contributed by atoms with Crippen molar-refractivity contribution in [3.8, 4) is 11.5 Å². The third kappa shape index (κ3) is 4.76. The van der Waals surface area contributed by atoms with Gasteiger partial charge in [-0.1, -0.05) is 44.2 Å². The number of para-hydroxylation sites is 1. The van der Waals surface area contributed by atoms with Gasteiger partial charge in [-0.05, 0) is 42.3 Å². The SMILES string of the molecule is CC(C)CNCc1cccc(Oc2ccccc2)c1. The van der Waals surface area contributed by atoms with Crippen LogP contribution >= 0.6 is 0 Å². The second-order valence-corrected chi connectivity index (χ2v) is 5.09. The molecule has 0 spiro atoms. The van der Waals surface area contributed by atoms with Crippen molar-refractivity contribution >= 4 is 0 Å². The molecule has 2 aromatic rings. The molecule has 100 valence electrons. The lowest BCUT2D eigenvalue weighted by atomic mass is 10.2. The van der Waals surface area contributed by atoms with Crippen molar-refractivity contribution in [3.05, 3.63) is 60.2 Å². The fourth-order valence-electron chi connectivity index (χ4n) is 1.85. The smallest absolute Gasteiger partial charge is 0.127 e. The Labute approximate surface area is 115 Å². The minimum atomic E-state index is 0.670. The summed E-state index contributed by atoms with van der Waals surface area (Å²) in [5.74, 6) is 2.42. The van der Waals surface area contributed by atoms with E-state index in [0.29, 0.717) is 5.92 Å². The monoisotopic (exact) mass is 255 g/mol. The number of nitrogens with one attached hydrogen (secondary N) is 1. The quantitative estimate of drug-likeness (QED) is 0.834. The highest BCUT2D eigenvalue weighted by Crippen LogP contribution is 2.21. The van der Waals surface area contributed by atoms with Crippen LogP contribution in [0.4, 0.5) is 0 Å². The summed E-state index contributed by atoms with van der Waals surface area (Å²) in [6.07, 6.45) is 0. The first kappa shape index (κ1) is 13.6. The van der Waals surface area contributed by atoms with Crippen molar-refractivity contribution in [3.63, 3.8) is 0 Å². The first-order chi connectivity index (χ1) is 9.24. The lowest BCUT2D eigenvalue weighted by Gasteiger charge is -2.09. The molecule has 1 N–H and O–H groups in total. The minimum Gasteiger partial charge on any atom is -0.457 e. The van der Waals surface area contributed by atoms with Gasteiger partial charge >= 0.3 is 0 Å². The Morgan fingerprint density at radius 3 is 2.42 bits per heavy atom. The molecule has 0 bridgehead atoms. The number of ether oxygens (including phenoxy) is 1. The average molecular weight is 255 g/mol. The van der Waals surface area contributed by atoms with Gasteiger partial charge in [-0.15, -0.1) is 0 Å². The molecular weight excluding hydrogens is 234 g/mol. The second kappa shape index (κ2) is 6.95. The van der Waals surface area contributed by atoms with E-state index in [2.05, 4.69) is 31.3 Å². The van der Waals surface area contributed by atoms with E-state index < -0.39 is 0 Å². The summed E-state index contributed by atoms with van der Waals surface area (Å²) in [5.41, 5.74) is 1.24. The summed E-state index contributed by atoms with van der Waals surface area (Å²) >= 11 is 0. The second-order valence-electron chi connectivity index (χ2n) is 5.09. The van der Waals surface area contributed by atoms with Crippen molar-refractivity contribution in [2.75, 3.05) is 6.54 Å². The van der Waals surface area contributed by atoms with Crippen molar-refractivity contribution in [2.24, 2.45) is 5.92 Å². The highest BCUT2D eigenvalue weighted by atomic mass is 16.5. The Morgan fingerprint density at radius 1 is 0.947 bits per heavy atom. The summed E-state index contributed by atoms with van der Waals surface area (Å²) in [7, 11) is 0. The Bertz CT molecular complexity index is 494. The molecule has 2 heteroatoms. The number of hydrogen-bond donors (Lipinski definition) is 1. The van der Waals surface area contributed by atoms with Crippen LogP contribution in [0.1, 0.15) is 19.4 Å². The zero-order valence-corrected chi connectivity index (χ0v) is 11.6. The molecule has 0 amide bonds. The molecule has 2 nitrogen and oxygen atoms in total. The van der Waals surface area contributed by atoms with E-state index in [0.717, 1.165) is 24.6 Å². The molecular formula is C17H21NO. The van der Waals surface area contributed by atoms with Gasteiger partial charge in [0.05, 0.1) is 0 Å². The van der Waals surface area contributed by atoms with Crippen LogP contribution in [0.15, 0.2) is 54.6 Å². The van der Waals surface area contributed by atoms with Gasteiger partial charge < -0.3 is 10.1 Å². The number of hydrogen-bond acceptors (Lipinski definition) is 2. The predicted molar refractivity (Wildman–Crippen MR) is 79.5 cm³/mol. The molecule has 19 heavy (non-hydrogen) atoms. The molecule has 0 fully saturated rings. The van der Waals surface area contributed by atoms with Gasteiger partial charge in [0.2, 0.25) is 0 Å². The first-order valence-electron chi connectivity index (χ1n) is 6.76. The van der Waals surface area contributed by atoms with E-state index in [-0.39, 0.29) is 0 Å². The molecule has 2 rings (SSSR count). The first-order valence-corrected chi connectivity index (χ1v) is 6.76. The summed E-state index contributed by atoms with van der Waals surface area (Å²) < 4.78 is 5.82. The van der Waals surface area contributed by atoms with E-state index in [4.69, 9.17) is 4.74 Å². The minimum absolute atomic E-state index is 0.670. The Kier molecular flexibility index (Phi) is 4.99. The maximum Gasteiger partial charge on any atom is 0.127 e. The predicted octanol–water partition coefficient (Wildman–Crippen LogP) is 4.22. The van der Waals surface area contributed by atoms with Gasteiger partial charge in [-0.3, -0.25) is 0 Å². The standard InChI is InChI=1S/C17H21NO/c1-14(2)12-18-13-15-7-6-10-17(11-15)19-16-8-4-3-5-9-16/h3-11,14,18H,12-13H2,1-2H3.